The highest BCUT2D eigenvalue weighted by Gasteiger charge is 2.20. The van der Waals surface area contributed by atoms with E-state index < -0.39 is 0 Å². The monoisotopic (exact) mass is 555 g/mol. The maximum atomic E-state index is 5.34. The van der Waals surface area contributed by atoms with E-state index in [9.17, 15) is 0 Å². The highest BCUT2D eigenvalue weighted by Crippen LogP contribution is 2.42. The first kappa shape index (κ1) is 23.6. The van der Waals surface area contributed by atoms with Crippen LogP contribution in [-0.2, 0) is 6.42 Å². The fourth-order valence-corrected chi connectivity index (χ4v) is 7.77. The minimum atomic E-state index is 0.746. The second kappa shape index (κ2) is 9.23. The third-order valence-electron chi connectivity index (χ3n) is 8.45. The van der Waals surface area contributed by atoms with Crippen molar-refractivity contribution in [2.24, 2.45) is 0 Å². The second-order valence-electron chi connectivity index (χ2n) is 10.9. The molecular weight excluding hydrogens is 531 g/mol. The zero-order valence-electron chi connectivity index (χ0n) is 22.8. The molecular formula is C38H25N3S. The molecule has 4 heteroatoms. The normalized spacial score (nSPS) is 13.0. The molecule has 0 unspecified atom stereocenters. The first-order valence-corrected chi connectivity index (χ1v) is 15.2. The van der Waals surface area contributed by atoms with Crippen LogP contribution < -0.4 is 0 Å². The number of hydrogen-bond donors (Lipinski definition) is 0. The lowest BCUT2D eigenvalue weighted by molar-refractivity contribution is 1.02. The van der Waals surface area contributed by atoms with Crippen molar-refractivity contribution in [1.29, 1.82) is 0 Å². The molecule has 3 heterocycles. The minimum Gasteiger partial charge on any atom is -0.309 e. The molecule has 0 spiro atoms. The number of fused-ring (bicyclic) bond motifs is 8. The highest BCUT2D eigenvalue weighted by molar-refractivity contribution is 7.19. The van der Waals surface area contributed by atoms with Crippen molar-refractivity contribution >= 4 is 60.2 Å². The minimum absolute atomic E-state index is 0.746. The van der Waals surface area contributed by atoms with E-state index in [0.717, 1.165) is 52.1 Å². The van der Waals surface area contributed by atoms with Gasteiger partial charge in [-0.2, -0.15) is 0 Å². The largest absolute Gasteiger partial charge is 0.309 e. The van der Waals surface area contributed by atoms with E-state index in [4.69, 9.17) is 9.97 Å². The van der Waals surface area contributed by atoms with Gasteiger partial charge in [0.25, 0.3) is 0 Å². The average Bonchev–Trinajstić information content (AvgIpc) is 3.61. The molecule has 8 aromatic rings. The number of aromatic nitrogens is 3. The Morgan fingerprint density at radius 3 is 2.19 bits per heavy atom. The van der Waals surface area contributed by atoms with E-state index in [1.807, 2.05) is 11.3 Å². The van der Waals surface area contributed by atoms with E-state index in [-0.39, 0.29) is 0 Å². The Morgan fingerprint density at radius 2 is 1.38 bits per heavy atom. The first-order chi connectivity index (χ1) is 20.8. The summed E-state index contributed by atoms with van der Waals surface area (Å²) in [5, 5.41) is 4.85. The topological polar surface area (TPSA) is 30.7 Å². The molecule has 0 N–H and O–H groups in total. The molecule has 3 nitrogen and oxygen atoms in total. The summed E-state index contributed by atoms with van der Waals surface area (Å²) in [6, 6.07) is 40.9. The Hall–Kier alpha value is -5.06. The summed E-state index contributed by atoms with van der Waals surface area (Å²) in [5.41, 5.74) is 8.92. The van der Waals surface area contributed by atoms with E-state index in [1.54, 1.807) is 0 Å². The molecule has 5 aromatic carbocycles. The number of thiophene rings is 1. The smallest absolute Gasteiger partial charge is 0.160 e. The quantitative estimate of drug-likeness (QED) is 0.217. The Labute approximate surface area is 247 Å². The van der Waals surface area contributed by atoms with Crippen molar-refractivity contribution in [1.82, 2.24) is 14.5 Å². The van der Waals surface area contributed by atoms with Crippen LogP contribution >= 0.6 is 11.3 Å². The van der Waals surface area contributed by atoms with Crippen LogP contribution in [0.5, 0.6) is 0 Å². The van der Waals surface area contributed by atoms with Gasteiger partial charge in [-0.25, -0.2) is 9.97 Å². The molecule has 1 aliphatic carbocycles. The van der Waals surface area contributed by atoms with E-state index >= 15 is 0 Å². The van der Waals surface area contributed by atoms with Gasteiger partial charge in [0, 0.05) is 47.9 Å². The van der Waals surface area contributed by atoms with Crippen molar-refractivity contribution in [3.05, 3.63) is 132 Å². The van der Waals surface area contributed by atoms with Crippen molar-refractivity contribution in [3.8, 4) is 28.3 Å². The van der Waals surface area contributed by atoms with E-state index in [1.165, 1.54) is 42.3 Å². The van der Waals surface area contributed by atoms with E-state index in [0.29, 0.717) is 0 Å². The molecule has 0 amide bonds. The molecule has 0 fully saturated rings. The third-order valence-corrected chi connectivity index (χ3v) is 9.68. The molecule has 0 aliphatic heterocycles. The molecule has 0 saturated carbocycles. The van der Waals surface area contributed by atoms with Gasteiger partial charge in [0.15, 0.2) is 5.82 Å². The van der Waals surface area contributed by atoms with Crippen LogP contribution in [0, 0.1) is 0 Å². The van der Waals surface area contributed by atoms with Gasteiger partial charge in [0.05, 0.1) is 22.2 Å². The van der Waals surface area contributed by atoms with Crippen molar-refractivity contribution in [3.63, 3.8) is 0 Å². The van der Waals surface area contributed by atoms with Crippen molar-refractivity contribution in [2.75, 3.05) is 0 Å². The van der Waals surface area contributed by atoms with Crippen LogP contribution in [0.15, 0.2) is 121 Å². The number of para-hydroxylation sites is 2. The first-order valence-electron chi connectivity index (χ1n) is 14.4. The molecule has 9 rings (SSSR count). The van der Waals surface area contributed by atoms with Gasteiger partial charge in [-0.3, -0.25) is 0 Å². The molecule has 0 radical (unpaired) electrons. The summed E-state index contributed by atoms with van der Waals surface area (Å²) >= 11 is 1.91. The predicted octanol–water partition coefficient (Wildman–Crippen LogP) is 10.2. The standard InChI is InChI=1S/C38H25N3S/c1-2-11-24(12-3-1)36-30-21-22-34-35(29-17-6-9-20-33(29)42-34)37(30)40-38(39-36)25-13-10-14-26(23-25)41-31-18-7-4-15-27(31)28-16-5-8-19-32(28)41/h1-8,10-19,21-23H,9,20H2. The fourth-order valence-electron chi connectivity index (χ4n) is 6.56. The molecule has 42 heavy (non-hydrogen) atoms. The number of hydrogen-bond acceptors (Lipinski definition) is 3. The Kier molecular flexibility index (Phi) is 5.19. The second-order valence-corrected chi connectivity index (χ2v) is 12.0. The van der Waals surface area contributed by atoms with Crippen LogP contribution in [0.2, 0.25) is 0 Å². The van der Waals surface area contributed by atoms with Gasteiger partial charge >= 0.3 is 0 Å². The number of benzene rings is 5. The molecule has 0 atom stereocenters. The van der Waals surface area contributed by atoms with Crippen molar-refractivity contribution < 1.29 is 0 Å². The van der Waals surface area contributed by atoms with Crippen LogP contribution in [0.1, 0.15) is 16.9 Å². The van der Waals surface area contributed by atoms with Gasteiger partial charge < -0.3 is 4.57 Å². The Morgan fingerprint density at radius 1 is 0.643 bits per heavy atom. The number of allylic oxidation sites excluding steroid dienone is 1. The lowest BCUT2D eigenvalue weighted by Crippen LogP contribution is -1.98. The van der Waals surface area contributed by atoms with Gasteiger partial charge in [0.1, 0.15) is 0 Å². The Bertz CT molecular complexity index is 2310. The lowest BCUT2D eigenvalue weighted by Gasteiger charge is -2.13. The molecule has 0 saturated heterocycles. The van der Waals surface area contributed by atoms with Gasteiger partial charge in [-0.15, -0.1) is 11.3 Å². The molecule has 198 valence electrons. The Balaban J connectivity index is 1.33. The zero-order valence-corrected chi connectivity index (χ0v) is 23.6. The van der Waals surface area contributed by atoms with Gasteiger partial charge in [-0.1, -0.05) is 91.0 Å². The SMILES string of the molecule is C1=Cc2c(sc3ccc4c(-c5ccccc5)nc(-c5cccc(-n6c7ccccc7c7ccccc76)c5)nc4c23)CC1. The maximum Gasteiger partial charge on any atom is 0.160 e. The summed E-state index contributed by atoms with van der Waals surface area (Å²) in [5.74, 6) is 0.746. The van der Waals surface area contributed by atoms with Gasteiger partial charge in [0.2, 0.25) is 0 Å². The van der Waals surface area contributed by atoms with Gasteiger partial charge in [-0.05, 0) is 54.8 Å². The van der Waals surface area contributed by atoms with Crippen LogP contribution in [0.4, 0.5) is 0 Å². The number of rotatable bonds is 3. The summed E-state index contributed by atoms with van der Waals surface area (Å²) in [6.07, 6.45) is 6.78. The van der Waals surface area contributed by atoms with Crippen LogP contribution in [0.3, 0.4) is 0 Å². The molecule has 1 aliphatic rings. The number of nitrogens with zero attached hydrogens (tertiary/aromatic N) is 3. The summed E-state index contributed by atoms with van der Waals surface area (Å²) < 4.78 is 3.65. The third kappa shape index (κ3) is 3.52. The maximum absolute atomic E-state index is 5.34. The molecule has 3 aromatic heterocycles. The van der Waals surface area contributed by atoms with Crippen LogP contribution in [-0.4, -0.2) is 14.5 Å². The highest BCUT2D eigenvalue weighted by atomic mass is 32.1. The predicted molar refractivity (Wildman–Crippen MR) is 177 cm³/mol. The fraction of sp³-hybridized carbons (Fsp3) is 0.0526. The molecule has 0 bridgehead atoms. The average molecular weight is 556 g/mol. The van der Waals surface area contributed by atoms with Crippen LogP contribution in [0.25, 0.3) is 77.2 Å². The zero-order chi connectivity index (χ0) is 27.6. The number of aryl methyl sites for hydroxylation is 1. The summed E-state index contributed by atoms with van der Waals surface area (Å²) in [4.78, 5) is 12.0. The lowest BCUT2D eigenvalue weighted by atomic mass is 9.99. The summed E-state index contributed by atoms with van der Waals surface area (Å²) in [6.45, 7) is 0. The summed E-state index contributed by atoms with van der Waals surface area (Å²) in [7, 11) is 0. The van der Waals surface area contributed by atoms with Crippen molar-refractivity contribution in [2.45, 2.75) is 12.8 Å². The van der Waals surface area contributed by atoms with E-state index in [2.05, 4.69) is 132 Å².